The SMILES string of the molecule is Cc1ncccc1NS(=O)(=O)c1cnn(CCN)c1. The molecule has 0 spiro atoms. The molecule has 102 valence electrons. The number of pyridine rings is 1. The fourth-order valence-corrected chi connectivity index (χ4v) is 2.60. The third-order valence-electron chi connectivity index (χ3n) is 2.53. The summed E-state index contributed by atoms with van der Waals surface area (Å²) in [6.45, 7) is 2.60. The summed E-state index contributed by atoms with van der Waals surface area (Å²) in [6, 6.07) is 3.33. The van der Waals surface area contributed by atoms with E-state index in [0.717, 1.165) is 0 Å². The van der Waals surface area contributed by atoms with E-state index in [1.165, 1.54) is 17.1 Å². The number of aryl methyl sites for hydroxylation is 1. The maximum Gasteiger partial charge on any atom is 0.265 e. The van der Waals surface area contributed by atoms with Crippen LogP contribution in [0.25, 0.3) is 0 Å². The number of nitrogens with two attached hydrogens (primary N) is 1. The van der Waals surface area contributed by atoms with E-state index in [4.69, 9.17) is 5.73 Å². The fourth-order valence-electron chi connectivity index (χ4n) is 1.53. The molecule has 8 heteroatoms. The Balaban J connectivity index is 2.25. The summed E-state index contributed by atoms with van der Waals surface area (Å²) in [7, 11) is -3.65. The summed E-state index contributed by atoms with van der Waals surface area (Å²) in [6.07, 6.45) is 4.34. The maximum atomic E-state index is 12.1. The lowest BCUT2D eigenvalue weighted by atomic mass is 10.3. The molecule has 0 atom stereocenters. The minimum Gasteiger partial charge on any atom is -0.329 e. The van der Waals surface area contributed by atoms with Crippen molar-refractivity contribution in [1.29, 1.82) is 0 Å². The highest BCUT2D eigenvalue weighted by Crippen LogP contribution is 2.17. The first-order chi connectivity index (χ1) is 9.03. The molecule has 2 heterocycles. The molecule has 0 radical (unpaired) electrons. The van der Waals surface area contributed by atoms with E-state index in [2.05, 4.69) is 14.8 Å². The first-order valence-electron chi connectivity index (χ1n) is 5.70. The predicted octanol–water partition coefficient (Wildman–Crippen LogP) is 0.346. The largest absolute Gasteiger partial charge is 0.329 e. The van der Waals surface area contributed by atoms with Crippen LogP contribution in [-0.2, 0) is 16.6 Å². The van der Waals surface area contributed by atoms with E-state index < -0.39 is 10.0 Å². The zero-order valence-electron chi connectivity index (χ0n) is 10.4. The Kier molecular flexibility index (Phi) is 3.82. The Morgan fingerprint density at radius 2 is 2.26 bits per heavy atom. The average molecular weight is 281 g/mol. The number of nitrogens with one attached hydrogen (secondary N) is 1. The van der Waals surface area contributed by atoms with Gasteiger partial charge in [-0.2, -0.15) is 5.10 Å². The Bertz CT molecular complexity index is 665. The van der Waals surface area contributed by atoms with Crippen molar-refractivity contribution in [2.24, 2.45) is 5.73 Å². The van der Waals surface area contributed by atoms with E-state index in [0.29, 0.717) is 24.5 Å². The summed E-state index contributed by atoms with van der Waals surface area (Å²) in [4.78, 5) is 4.13. The van der Waals surface area contributed by atoms with E-state index in [1.54, 1.807) is 25.3 Å². The van der Waals surface area contributed by atoms with Gasteiger partial charge in [-0.3, -0.25) is 14.4 Å². The second-order valence-electron chi connectivity index (χ2n) is 3.97. The van der Waals surface area contributed by atoms with Crippen molar-refractivity contribution in [1.82, 2.24) is 14.8 Å². The highest BCUT2D eigenvalue weighted by molar-refractivity contribution is 7.92. The van der Waals surface area contributed by atoms with Crippen molar-refractivity contribution < 1.29 is 8.42 Å². The monoisotopic (exact) mass is 281 g/mol. The van der Waals surface area contributed by atoms with E-state index in [9.17, 15) is 8.42 Å². The van der Waals surface area contributed by atoms with Crippen LogP contribution < -0.4 is 10.5 Å². The highest BCUT2D eigenvalue weighted by atomic mass is 32.2. The maximum absolute atomic E-state index is 12.1. The number of sulfonamides is 1. The van der Waals surface area contributed by atoms with Gasteiger partial charge >= 0.3 is 0 Å². The van der Waals surface area contributed by atoms with Gasteiger partial charge in [0.2, 0.25) is 0 Å². The lowest BCUT2D eigenvalue weighted by Gasteiger charge is -2.07. The molecular formula is C11H15N5O2S. The minimum atomic E-state index is -3.65. The smallest absolute Gasteiger partial charge is 0.265 e. The van der Waals surface area contributed by atoms with Gasteiger partial charge in [0.15, 0.2) is 0 Å². The molecule has 0 aliphatic heterocycles. The van der Waals surface area contributed by atoms with Crippen LogP contribution in [-0.4, -0.2) is 29.7 Å². The molecule has 0 unspecified atom stereocenters. The first-order valence-corrected chi connectivity index (χ1v) is 7.18. The quantitative estimate of drug-likeness (QED) is 0.823. The van der Waals surface area contributed by atoms with Crippen LogP contribution in [0.3, 0.4) is 0 Å². The average Bonchev–Trinajstić information content (AvgIpc) is 2.82. The minimum absolute atomic E-state index is 0.101. The molecule has 3 N–H and O–H groups in total. The summed E-state index contributed by atoms with van der Waals surface area (Å²) in [5.74, 6) is 0. The fraction of sp³-hybridized carbons (Fsp3) is 0.273. The summed E-state index contributed by atoms with van der Waals surface area (Å²) >= 11 is 0. The predicted molar refractivity (Wildman–Crippen MR) is 71.1 cm³/mol. The Morgan fingerprint density at radius 3 is 2.95 bits per heavy atom. The van der Waals surface area contributed by atoms with Gasteiger partial charge in [-0.1, -0.05) is 0 Å². The van der Waals surface area contributed by atoms with Crippen LogP contribution in [0, 0.1) is 6.92 Å². The van der Waals surface area contributed by atoms with Gasteiger partial charge < -0.3 is 5.73 Å². The van der Waals surface area contributed by atoms with Crippen molar-refractivity contribution in [3.05, 3.63) is 36.4 Å². The van der Waals surface area contributed by atoms with Gasteiger partial charge in [0, 0.05) is 18.9 Å². The van der Waals surface area contributed by atoms with Crippen LogP contribution >= 0.6 is 0 Å². The molecule has 2 rings (SSSR count). The van der Waals surface area contributed by atoms with Gasteiger partial charge in [-0.25, -0.2) is 8.42 Å². The zero-order chi connectivity index (χ0) is 13.9. The van der Waals surface area contributed by atoms with Crippen LogP contribution in [0.4, 0.5) is 5.69 Å². The van der Waals surface area contributed by atoms with Crippen LogP contribution in [0.1, 0.15) is 5.69 Å². The second-order valence-corrected chi connectivity index (χ2v) is 5.65. The lowest BCUT2D eigenvalue weighted by Crippen LogP contribution is -2.14. The number of anilines is 1. The molecule has 2 aromatic rings. The standard InChI is InChI=1S/C11H15N5O2S/c1-9-11(3-2-5-13-9)15-19(17,18)10-7-14-16(8-10)6-4-12/h2-3,5,7-8,15H,4,6,12H2,1H3. The molecule has 0 saturated heterocycles. The Morgan fingerprint density at radius 1 is 1.47 bits per heavy atom. The summed E-state index contributed by atoms with van der Waals surface area (Å²) in [5.41, 5.74) is 6.45. The van der Waals surface area contributed by atoms with Gasteiger partial charge in [0.25, 0.3) is 10.0 Å². The van der Waals surface area contributed by atoms with Crippen molar-refractivity contribution in [3.63, 3.8) is 0 Å². The molecule has 0 amide bonds. The van der Waals surface area contributed by atoms with Crippen molar-refractivity contribution in [2.75, 3.05) is 11.3 Å². The van der Waals surface area contributed by atoms with Crippen molar-refractivity contribution in [2.45, 2.75) is 18.4 Å². The molecule has 7 nitrogen and oxygen atoms in total. The third-order valence-corrected chi connectivity index (χ3v) is 3.85. The molecule has 0 aliphatic rings. The molecule has 0 bridgehead atoms. The molecular weight excluding hydrogens is 266 g/mol. The van der Waals surface area contributed by atoms with E-state index in [1.807, 2.05) is 0 Å². The molecule has 0 aliphatic carbocycles. The van der Waals surface area contributed by atoms with Crippen LogP contribution in [0.5, 0.6) is 0 Å². The van der Waals surface area contributed by atoms with Gasteiger partial charge in [-0.05, 0) is 19.1 Å². The normalized spacial score (nSPS) is 11.5. The number of hydrogen-bond donors (Lipinski definition) is 2. The van der Waals surface area contributed by atoms with Crippen LogP contribution in [0.15, 0.2) is 35.6 Å². The van der Waals surface area contributed by atoms with Gasteiger partial charge in [0.1, 0.15) is 4.90 Å². The van der Waals surface area contributed by atoms with Crippen LogP contribution in [0.2, 0.25) is 0 Å². The third kappa shape index (κ3) is 3.09. The first kappa shape index (κ1) is 13.5. The highest BCUT2D eigenvalue weighted by Gasteiger charge is 2.17. The molecule has 0 aromatic carbocycles. The topological polar surface area (TPSA) is 103 Å². The molecule has 0 fully saturated rings. The molecule has 2 aromatic heterocycles. The Hall–Kier alpha value is -1.93. The molecule has 0 saturated carbocycles. The number of hydrogen-bond acceptors (Lipinski definition) is 5. The van der Waals surface area contributed by atoms with E-state index >= 15 is 0 Å². The van der Waals surface area contributed by atoms with Gasteiger partial charge in [-0.15, -0.1) is 0 Å². The summed E-state index contributed by atoms with van der Waals surface area (Å²) in [5, 5.41) is 3.94. The second kappa shape index (κ2) is 5.37. The lowest BCUT2D eigenvalue weighted by molar-refractivity contribution is 0.599. The van der Waals surface area contributed by atoms with E-state index in [-0.39, 0.29) is 4.90 Å². The zero-order valence-corrected chi connectivity index (χ0v) is 11.3. The van der Waals surface area contributed by atoms with Crippen molar-refractivity contribution >= 4 is 15.7 Å². The summed E-state index contributed by atoms with van der Waals surface area (Å²) < 4.78 is 28.3. The number of aromatic nitrogens is 3. The van der Waals surface area contributed by atoms with Crippen molar-refractivity contribution in [3.8, 4) is 0 Å². The Labute approximate surface area is 111 Å². The number of nitrogens with zero attached hydrogens (tertiary/aromatic N) is 3. The van der Waals surface area contributed by atoms with Gasteiger partial charge in [0.05, 0.1) is 24.1 Å². The molecule has 19 heavy (non-hydrogen) atoms. The number of rotatable bonds is 5.